The van der Waals surface area contributed by atoms with E-state index in [4.69, 9.17) is 10.5 Å². The molecule has 75 heavy (non-hydrogen) atoms. The van der Waals surface area contributed by atoms with Crippen molar-refractivity contribution in [1.82, 2.24) is 65.0 Å². The lowest BCUT2D eigenvalue weighted by molar-refractivity contribution is -0.117. The molecule has 8 aromatic rings. The summed E-state index contributed by atoms with van der Waals surface area (Å²) >= 11 is 0. The molecule has 3 amide bonds. The number of nitrogens with one attached hydrogen (secondary N) is 3. The predicted molar refractivity (Wildman–Crippen MR) is 284 cm³/mol. The Labute approximate surface area is 436 Å². The van der Waals surface area contributed by atoms with Crippen molar-refractivity contribution >= 4 is 29.3 Å². The summed E-state index contributed by atoms with van der Waals surface area (Å²) in [6, 6.07) is 38.6. The van der Waals surface area contributed by atoms with E-state index in [0.717, 1.165) is 57.4 Å². The van der Waals surface area contributed by atoms with Crippen LogP contribution in [0, 0.1) is 0 Å². The van der Waals surface area contributed by atoms with E-state index in [-0.39, 0.29) is 24.9 Å². The number of nitrogens with zero attached hydrogens (tertiary/aromatic N) is 12. The van der Waals surface area contributed by atoms with E-state index in [1.807, 2.05) is 142 Å². The summed E-state index contributed by atoms with van der Waals surface area (Å²) in [5.74, 6) is -0.374. The Hall–Kier alpha value is -8.59. The number of carbonyl (C=O) groups excluding carboxylic acids is 3. The van der Waals surface area contributed by atoms with Crippen LogP contribution in [0.2, 0.25) is 0 Å². The Balaban J connectivity index is 0.000000222. The van der Waals surface area contributed by atoms with Gasteiger partial charge in [-0.2, -0.15) is 0 Å². The molecule has 0 saturated carbocycles. The Morgan fingerprint density at radius 1 is 0.520 bits per heavy atom. The van der Waals surface area contributed by atoms with Gasteiger partial charge in [0.05, 0.1) is 46.6 Å². The maximum Gasteiger partial charge on any atom is 0.407 e. The molecule has 6 aromatic heterocycles. The first-order chi connectivity index (χ1) is 36.4. The van der Waals surface area contributed by atoms with Crippen LogP contribution >= 0.6 is 0 Å². The van der Waals surface area contributed by atoms with Crippen LogP contribution in [0.4, 0.5) is 16.2 Å². The number of hydrogen-bond donors (Lipinski definition) is 4. The van der Waals surface area contributed by atoms with Crippen molar-refractivity contribution < 1.29 is 19.1 Å². The maximum absolute atomic E-state index is 12.7. The van der Waals surface area contributed by atoms with Gasteiger partial charge in [-0.1, -0.05) is 59.0 Å². The molecule has 0 saturated heterocycles. The molecule has 388 valence electrons. The molecule has 0 unspecified atom stereocenters. The third kappa shape index (κ3) is 19.7. The molecule has 0 aliphatic rings. The minimum atomic E-state index is -0.530. The summed E-state index contributed by atoms with van der Waals surface area (Å²) < 4.78 is 8.32. The Morgan fingerprint density at radius 3 is 1.24 bits per heavy atom. The Bertz CT molecular complexity index is 2870. The van der Waals surface area contributed by atoms with Gasteiger partial charge in [0.15, 0.2) is 0 Å². The summed E-state index contributed by atoms with van der Waals surface area (Å²) in [6.45, 7) is 10.3. The molecular formula is C55H64N16O4. The highest BCUT2D eigenvalue weighted by molar-refractivity contribution is 5.91. The van der Waals surface area contributed by atoms with Gasteiger partial charge in [0, 0.05) is 82.0 Å². The quantitative estimate of drug-likeness (QED) is 0.0543. The normalized spacial score (nSPS) is 11.2. The number of nitrogens with two attached hydrogens (primary N) is 1. The van der Waals surface area contributed by atoms with Crippen LogP contribution < -0.4 is 21.7 Å². The number of anilines is 2. The molecule has 2 aromatic carbocycles. The highest BCUT2D eigenvalue weighted by Gasteiger charge is 2.17. The molecule has 5 N–H and O–H groups in total. The van der Waals surface area contributed by atoms with Gasteiger partial charge >= 0.3 is 6.09 Å². The molecule has 0 radical (unpaired) electrons. The van der Waals surface area contributed by atoms with Crippen LogP contribution in [0.1, 0.15) is 66.1 Å². The van der Waals surface area contributed by atoms with Crippen LogP contribution in [0.15, 0.2) is 159 Å². The van der Waals surface area contributed by atoms with Crippen molar-refractivity contribution in [3.05, 3.63) is 204 Å². The molecule has 0 spiro atoms. The Morgan fingerprint density at radius 2 is 0.893 bits per heavy atom. The highest BCUT2D eigenvalue weighted by atomic mass is 16.6. The third-order valence-electron chi connectivity index (χ3n) is 11.0. The topological polar surface area (TPSA) is 242 Å². The van der Waals surface area contributed by atoms with Gasteiger partial charge in [-0.25, -0.2) is 14.2 Å². The smallest absolute Gasteiger partial charge is 0.407 e. The van der Waals surface area contributed by atoms with E-state index in [1.54, 1.807) is 41.9 Å². The van der Waals surface area contributed by atoms with Gasteiger partial charge < -0.3 is 26.4 Å². The Kier molecular flexibility index (Phi) is 20.2. The minimum absolute atomic E-state index is 0.0367. The summed E-state index contributed by atoms with van der Waals surface area (Å²) in [5.41, 5.74) is 14.0. The zero-order chi connectivity index (χ0) is 52.7. The van der Waals surface area contributed by atoms with Crippen molar-refractivity contribution in [2.45, 2.75) is 91.6 Å². The van der Waals surface area contributed by atoms with Crippen LogP contribution in [0.25, 0.3) is 0 Å². The maximum atomic E-state index is 12.7. The van der Waals surface area contributed by atoms with E-state index in [9.17, 15) is 14.4 Å². The summed E-state index contributed by atoms with van der Waals surface area (Å²) in [7, 11) is 0. The van der Waals surface area contributed by atoms with Gasteiger partial charge in [-0.05, 0) is 124 Å². The second kappa shape index (κ2) is 28.0. The minimum Gasteiger partial charge on any atom is -0.444 e. The molecule has 0 aliphatic heterocycles. The molecule has 0 fully saturated rings. The molecule has 6 heterocycles. The number of amides is 3. The van der Waals surface area contributed by atoms with Crippen LogP contribution in [0.3, 0.4) is 0 Å². The number of alkyl carbamates (subject to hydrolysis) is 1. The number of aromatic nitrogens is 10. The zero-order valence-corrected chi connectivity index (χ0v) is 42.6. The molecule has 20 nitrogen and oxygen atoms in total. The first-order valence-corrected chi connectivity index (χ1v) is 24.7. The van der Waals surface area contributed by atoms with Crippen LogP contribution in [-0.4, -0.2) is 96.3 Å². The molecule has 0 aliphatic carbocycles. The molecule has 0 atom stereocenters. The zero-order valence-electron chi connectivity index (χ0n) is 42.6. The summed E-state index contributed by atoms with van der Waals surface area (Å²) in [5, 5.41) is 25.4. The van der Waals surface area contributed by atoms with Gasteiger partial charge in [-0.3, -0.25) is 39.3 Å². The van der Waals surface area contributed by atoms with E-state index >= 15 is 0 Å². The lowest BCUT2D eigenvalue weighted by atomic mass is 10.1. The van der Waals surface area contributed by atoms with Crippen LogP contribution in [-0.2, 0) is 79.5 Å². The van der Waals surface area contributed by atoms with E-state index < -0.39 is 11.7 Å². The fraction of sp³-hybridized carbons (Fsp3) is 0.291. The second-order valence-electron chi connectivity index (χ2n) is 18.6. The number of rotatable bonds is 23. The number of carbonyl (C=O) groups is 3. The number of pyridine rings is 4. The van der Waals surface area contributed by atoms with E-state index in [1.165, 1.54) is 4.68 Å². The molecule has 20 heteroatoms. The van der Waals surface area contributed by atoms with Crippen molar-refractivity contribution in [3.8, 4) is 0 Å². The third-order valence-corrected chi connectivity index (χ3v) is 11.0. The van der Waals surface area contributed by atoms with E-state index in [0.29, 0.717) is 64.5 Å². The van der Waals surface area contributed by atoms with Crippen LogP contribution in [0.5, 0.6) is 0 Å². The number of hydrogen-bond acceptors (Lipinski definition) is 15. The first kappa shape index (κ1) is 54.2. The lowest BCUT2D eigenvalue weighted by Crippen LogP contribution is -2.33. The summed E-state index contributed by atoms with van der Waals surface area (Å²) in [4.78, 5) is 59.0. The fourth-order valence-electron chi connectivity index (χ4n) is 7.65. The number of ether oxygens (including phenoxy) is 1. The fourth-order valence-corrected chi connectivity index (χ4v) is 7.65. The average Bonchev–Trinajstić information content (AvgIpc) is 4.04. The van der Waals surface area contributed by atoms with E-state index in [2.05, 4.69) is 66.3 Å². The molecule has 8 rings (SSSR count). The SMILES string of the molecule is CC(C)(C)OC(=O)NCCc1ccc(NC(=O)Cn2cc(CN(Cc3ccccn3)Cc3ccccn3)nn2)cc1.NCCc1ccc(NC(=O)Cn2cc(CN(Cc3ccccn3)Cc3ccccn3)nn2)cc1. The lowest BCUT2D eigenvalue weighted by Gasteiger charge is -2.20. The van der Waals surface area contributed by atoms with Gasteiger partial charge in [0.2, 0.25) is 11.8 Å². The van der Waals surface area contributed by atoms with Crippen molar-refractivity contribution in [2.75, 3.05) is 23.7 Å². The number of benzene rings is 2. The van der Waals surface area contributed by atoms with Gasteiger partial charge in [-0.15, -0.1) is 10.2 Å². The van der Waals surface area contributed by atoms with Crippen molar-refractivity contribution in [3.63, 3.8) is 0 Å². The van der Waals surface area contributed by atoms with Crippen molar-refractivity contribution in [1.29, 1.82) is 0 Å². The molecular weight excluding hydrogens is 949 g/mol. The first-order valence-electron chi connectivity index (χ1n) is 24.7. The van der Waals surface area contributed by atoms with Gasteiger partial charge in [0.25, 0.3) is 0 Å². The average molecular weight is 1010 g/mol. The second-order valence-corrected chi connectivity index (χ2v) is 18.6. The van der Waals surface area contributed by atoms with Crippen molar-refractivity contribution in [2.24, 2.45) is 5.73 Å². The van der Waals surface area contributed by atoms with Gasteiger partial charge in [0.1, 0.15) is 18.7 Å². The largest absolute Gasteiger partial charge is 0.444 e. The predicted octanol–water partition coefficient (Wildman–Crippen LogP) is 6.39. The molecule has 0 bridgehead atoms. The highest BCUT2D eigenvalue weighted by Crippen LogP contribution is 2.15. The standard InChI is InChI=1S/C30H36N8O3.C25H28N8O/c1-30(2,3)41-29(40)33-17-14-23-10-12-24(13-11-23)34-28(39)22-38-21-27(35-36-38)20-37(18-25-8-4-6-15-31-25)19-26-9-5-7-16-32-26;26-12-11-20-7-9-21(10-8-20)29-25(34)19-33-18-24(30-31-33)17-32(15-22-5-1-3-13-27-22)16-23-6-2-4-14-28-23/h4-13,15-16,21H,14,17-20,22H2,1-3H3,(H,33,40)(H,34,39);1-10,13-14,18H,11-12,15-17,19,26H2,(H,29,34). The monoisotopic (exact) mass is 1010 g/mol. The summed E-state index contributed by atoms with van der Waals surface area (Å²) in [6.07, 6.45) is 11.7.